The number of furan rings is 1. The van der Waals surface area contributed by atoms with E-state index in [9.17, 15) is 0 Å². The lowest BCUT2D eigenvalue weighted by atomic mass is 9.97. The fraction of sp³-hybridized carbons (Fsp3) is 0.692. The standard InChI is InChI=1S/C13H22N2O/c1-10(8-12-4-3-7-16-12)15-9-13(2,14)11-5-6-11/h3-4,7,10-11,15H,5-6,8-9,14H2,1-2H3. The maximum Gasteiger partial charge on any atom is 0.105 e. The molecule has 0 aliphatic heterocycles. The van der Waals surface area contributed by atoms with Crippen LogP contribution in [0.1, 0.15) is 32.4 Å². The Balaban J connectivity index is 1.73. The van der Waals surface area contributed by atoms with E-state index in [1.807, 2.05) is 12.1 Å². The Kier molecular flexibility index (Phi) is 3.36. The largest absolute Gasteiger partial charge is 0.469 e. The van der Waals surface area contributed by atoms with Crippen molar-refractivity contribution < 1.29 is 4.42 Å². The second-order valence-electron chi connectivity index (χ2n) is 5.35. The SMILES string of the molecule is CC(Cc1ccco1)NCC(C)(N)C1CC1. The zero-order chi connectivity index (χ0) is 11.6. The quantitative estimate of drug-likeness (QED) is 0.773. The van der Waals surface area contributed by atoms with Gasteiger partial charge in [0, 0.05) is 24.5 Å². The molecule has 1 fully saturated rings. The molecule has 1 saturated carbocycles. The smallest absolute Gasteiger partial charge is 0.105 e. The molecule has 0 saturated heterocycles. The summed E-state index contributed by atoms with van der Waals surface area (Å²) in [6.07, 6.45) is 5.23. The summed E-state index contributed by atoms with van der Waals surface area (Å²) in [6.45, 7) is 5.21. The van der Waals surface area contributed by atoms with Gasteiger partial charge in [-0.25, -0.2) is 0 Å². The van der Waals surface area contributed by atoms with Gasteiger partial charge in [-0.2, -0.15) is 0 Å². The molecule has 1 aromatic rings. The minimum atomic E-state index is -0.0442. The van der Waals surface area contributed by atoms with Crippen LogP contribution in [0.5, 0.6) is 0 Å². The van der Waals surface area contributed by atoms with Gasteiger partial charge in [-0.3, -0.25) is 0 Å². The third kappa shape index (κ3) is 3.09. The first-order chi connectivity index (χ1) is 7.58. The molecule has 0 amide bonds. The average Bonchev–Trinajstić information content (AvgIpc) is 2.98. The van der Waals surface area contributed by atoms with Crippen molar-refractivity contribution in [3.8, 4) is 0 Å². The minimum Gasteiger partial charge on any atom is -0.469 e. The van der Waals surface area contributed by atoms with Crippen LogP contribution < -0.4 is 11.1 Å². The van der Waals surface area contributed by atoms with Crippen LogP contribution in [-0.4, -0.2) is 18.1 Å². The number of hydrogen-bond acceptors (Lipinski definition) is 3. The number of nitrogens with one attached hydrogen (secondary N) is 1. The van der Waals surface area contributed by atoms with E-state index in [2.05, 4.69) is 19.2 Å². The van der Waals surface area contributed by atoms with Gasteiger partial charge in [0.1, 0.15) is 5.76 Å². The molecule has 3 nitrogen and oxygen atoms in total. The van der Waals surface area contributed by atoms with E-state index < -0.39 is 0 Å². The number of hydrogen-bond donors (Lipinski definition) is 2. The van der Waals surface area contributed by atoms with Crippen molar-refractivity contribution in [1.29, 1.82) is 0 Å². The third-order valence-electron chi connectivity index (χ3n) is 3.43. The molecule has 3 N–H and O–H groups in total. The Morgan fingerprint density at radius 1 is 1.62 bits per heavy atom. The lowest BCUT2D eigenvalue weighted by molar-refractivity contribution is 0.352. The van der Waals surface area contributed by atoms with E-state index in [4.69, 9.17) is 10.2 Å². The summed E-state index contributed by atoms with van der Waals surface area (Å²) in [5.41, 5.74) is 6.21. The molecule has 90 valence electrons. The van der Waals surface area contributed by atoms with E-state index in [1.165, 1.54) is 12.8 Å². The molecule has 3 heteroatoms. The zero-order valence-corrected chi connectivity index (χ0v) is 10.2. The maximum absolute atomic E-state index is 6.26. The van der Waals surface area contributed by atoms with Crippen molar-refractivity contribution in [2.75, 3.05) is 6.54 Å². The fourth-order valence-electron chi connectivity index (χ4n) is 2.08. The third-order valence-corrected chi connectivity index (χ3v) is 3.43. The van der Waals surface area contributed by atoms with Crippen LogP contribution in [0, 0.1) is 5.92 Å². The summed E-state index contributed by atoms with van der Waals surface area (Å²) < 4.78 is 5.32. The highest BCUT2D eigenvalue weighted by molar-refractivity contribution is 5.01. The summed E-state index contributed by atoms with van der Waals surface area (Å²) in [5.74, 6) is 1.75. The summed E-state index contributed by atoms with van der Waals surface area (Å²) in [7, 11) is 0. The predicted molar refractivity (Wildman–Crippen MR) is 65.2 cm³/mol. The van der Waals surface area contributed by atoms with Crippen molar-refractivity contribution in [3.05, 3.63) is 24.2 Å². The van der Waals surface area contributed by atoms with E-state index in [-0.39, 0.29) is 5.54 Å². The van der Waals surface area contributed by atoms with E-state index >= 15 is 0 Å². The molecule has 1 aliphatic rings. The lowest BCUT2D eigenvalue weighted by Gasteiger charge is -2.27. The first-order valence-electron chi connectivity index (χ1n) is 6.12. The molecule has 1 aliphatic carbocycles. The van der Waals surface area contributed by atoms with Gasteiger partial charge in [-0.1, -0.05) is 0 Å². The van der Waals surface area contributed by atoms with Crippen molar-refractivity contribution in [2.24, 2.45) is 11.7 Å². The highest BCUT2D eigenvalue weighted by Gasteiger charge is 2.38. The molecule has 2 unspecified atom stereocenters. The van der Waals surface area contributed by atoms with Gasteiger partial charge in [-0.15, -0.1) is 0 Å². The Hall–Kier alpha value is -0.800. The van der Waals surface area contributed by atoms with Crippen LogP contribution in [0.2, 0.25) is 0 Å². The molecule has 16 heavy (non-hydrogen) atoms. The highest BCUT2D eigenvalue weighted by Crippen LogP contribution is 2.37. The monoisotopic (exact) mass is 222 g/mol. The Labute approximate surface area is 97.4 Å². The molecule has 2 rings (SSSR count). The number of nitrogens with two attached hydrogens (primary N) is 1. The summed E-state index contributed by atoms with van der Waals surface area (Å²) in [5, 5.41) is 3.50. The minimum absolute atomic E-state index is 0.0442. The molecule has 0 bridgehead atoms. The molecule has 1 aromatic heterocycles. The van der Waals surface area contributed by atoms with Crippen LogP contribution in [-0.2, 0) is 6.42 Å². The normalized spacial score (nSPS) is 21.7. The van der Waals surface area contributed by atoms with Gasteiger partial charge in [-0.05, 0) is 44.7 Å². The summed E-state index contributed by atoms with van der Waals surface area (Å²) in [4.78, 5) is 0. The molecular formula is C13H22N2O. The second-order valence-corrected chi connectivity index (χ2v) is 5.35. The Morgan fingerprint density at radius 3 is 2.94 bits per heavy atom. The second kappa shape index (κ2) is 4.60. The zero-order valence-electron chi connectivity index (χ0n) is 10.2. The van der Waals surface area contributed by atoms with E-state index in [0.717, 1.165) is 24.6 Å². The van der Waals surface area contributed by atoms with Crippen molar-refractivity contribution in [1.82, 2.24) is 5.32 Å². The number of rotatable bonds is 6. The van der Waals surface area contributed by atoms with Crippen LogP contribution in [0.15, 0.2) is 22.8 Å². The van der Waals surface area contributed by atoms with Crippen molar-refractivity contribution in [2.45, 2.75) is 44.7 Å². The fourth-order valence-corrected chi connectivity index (χ4v) is 2.08. The van der Waals surface area contributed by atoms with Crippen LogP contribution in [0.3, 0.4) is 0 Å². The molecule has 2 atom stereocenters. The van der Waals surface area contributed by atoms with Gasteiger partial charge in [0.05, 0.1) is 6.26 Å². The van der Waals surface area contributed by atoms with Gasteiger partial charge in [0.15, 0.2) is 0 Å². The van der Waals surface area contributed by atoms with Gasteiger partial charge < -0.3 is 15.5 Å². The Bertz CT molecular complexity index is 315. The van der Waals surface area contributed by atoms with Crippen molar-refractivity contribution in [3.63, 3.8) is 0 Å². The molecule has 0 spiro atoms. The van der Waals surface area contributed by atoms with E-state index in [1.54, 1.807) is 6.26 Å². The topological polar surface area (TPSA) is 51.2 Å². The summed E-state index contributed by atoms with van der Waals surface area (Å²) >= 11 is 0. The van der Waals surface area contributed by atoms with Crippen LogP contribution in [0.25, 0.3) is 0 Å². The van der Waals surface area contributed by atoms with Gasteiger partial charge in [0.2, 0.25) is 0 Å². The molecular weight excluding hydrogens is 200 g/mol. The average molecular weight is 222 g/mol. The molecule has 0 radical (unpaired) electrons. The lowest BCUT2D eigenvalue weighted by Crippen LogP contribution is -2.50. The van der Waals surface area contributed by atoms with Gasteiger partial charge >= 0.3 is 0 Å². The first kappa shape index (κ1) is 11.7. The Morgan fingerprint density at radius 2 is 2.38 bits per heavy atom. The van der Waals surface area contributed by atoms with Gasteiger partial charge in [0.25, 0.3) is 0 Å². The summed E-state index contributed by atoms with van der Waals surface area (Å²) in [6, 6.07) is 4.35. The first-order valence-corrected chi connectivity index (χ1v) is 6.12. The predicted octanol–water partition coefficient (Wildman–Crippen LogP) is 1.93. The maximum atomic E-state index is 6.26. The molecule has 1 heterocycles. The molecule has 0 aromatic carbocycles. The van der Waals surface area contributed by atoms with Crippen LogP contribution >= 0.6 is 0 Å². The van der Waals surface area contributed by atoms with Crippen molar-refractivity contribution >= 4 is 0 Å². The van der Waals surface area contributed by atoms with Crippen LogP contribution in [0.4, 0.5) is 0 Å². The highest BCUT2D eigenvalue weighted by atomic mass is 16.3. The van der Waals surface area contributed by atoms with E-state index in [0.29, 0.717) is 6.04 Å².